The molecule has 0 spiro atoms. The quantitative estimate of drug-likeness (QED) is 0.851. The molecule has 110 valence electrons. The van der Waals surface area contributed by atoms with Crippen LogP contribution in [0.15, 0.2) is 12.1 Å². The third-order valence-corrected chi connectivity index (χ3v) is 3.65. The summed E-state index contributed by atoms with van der Waals surface area (Å²) in [5.74, 6) is -1.45. The number of anilines is 1. The fourth-order valence-corrected chi connectivity index (χ4v) is 2.69. The van der Waals surface area contributed by atoms with Crippen LogP contribution in [0.25, 0.3) is 11.0 Å². The van der Waals surface area contributed by atoms with Crippen molar-refractivity contribution in [3.05, 3.63) is 23.8 Å². The van der Waals surface area contributed by atoms with Gasteiger partial charge in [0.15, 0.2) is 11.6 Å². The normalized spacial score (nSPS) is 13.0. The number of nitrogens with two attached hydrogens (primary N) is 1. The molecule has 0 radical (unpaired) electrons. The number of hydrogen-bond acceptors (Lipinski definition) is 2. The molecule has 0 bridgehead atoms. The molecule has 20 heavy (non-hydrogen) atoms. The van der Waals surface area contributed by atoms with Crippen LogP contribution in [0.3, 0.4) is 0 Å². The maximum atomic E-state index is 14.1. The van der Waals surface area contributed by atoms with Gasteiger partial charge < -0.3 is 10.3 Å². The average molecular weight is 281 g/mol. The van der Waals surface area contributed by atoms with E-state index in [1.54, 1.807) is 4.57 Å². The largest absolute Gasteiger partial charge is 0.369 e. The van der Waals surface area contributed by atoms with Crippen molar-refractivity contribution in [3.63, 3.8) is 0 Å². The van der Waals surface area contributed by atoms with Crippen LogP contribution in [-0.4, -0.2) is 9.55 Å². The Morgan fingerprint density at radius 3 is 2.60 bits per heavy atom. The molecule has 0 aliphatic heterocycles. The van der Waals surface area contributed by atoms with Crippen LogP contribution in [-0.2, 0) is 0 Å². The molecule has 0 saturated heterocycles. The highest BCUT2D eigenvalue weighted by Gasteiger charge is 2.21. The van der Waals surface area contributed by atoms with E-state index < -0.39 is 11.6 Å². The van der Waals surface area contributed by atoms with Gasteiger partial charge in [-0.3, -0.25) is 0 Å². The Balaban J connectivity index is 2.55. The number of nitrogens with zero attached hydrogens (tertiary/aromatic N) is 2. The van der Waals surface area contributed by atoms with E-state index in [2.05, 4.69) is 18.8 Å². The molecular formula is C15H21F2N3. The van der Waals surface area contributed by atoms with Gasteiger partial charge in [0.25, 0.3) is 0 Å². The summed E-state index contributed by atoms with van der Waals surface area (Å²) in [5.41, 5.74) is 6.55. The second kappa shape index (κ2) is 6.20. The van der Waals surface area contributed by atoms with Crippen molar-refractivity contribution in [1.29, 1.82) is 0 Å². The van der Waals surface area contributed by atoms with E-state index in [0.717, 1.165) is 38.2 Å². The molecule has 0 aliphatic carbocycles. The molecule has 3 nitrogen and oxygen atoms in total. The fourth-order valence-electron chi connectivity index (χ4n) is 2.69. The van der Waals surface area contributed by atoms with Crippen molar-refractivity contribution in [2.75, 3.05) is 5.73 Å². The first-order valence-corrected chi connectivity index (χ1v) is 7.21. The predicted octanol–water partition coefficient (Wildman–Crippen LogP) is 4.43. The van der Waals surface area contributed by atoms with Crippen molar-refractivity contribution in [1.82, 2.24) is 9.55 Å². The molecule has 0 aliphatic rings. The summed E-state index contributed by atoms with van der Waals surface area (Å²) in [7, 11) is 0. The van der Waals surface area contributed by atoms with Gasteiger partial charge in [-0.2, -0.15) is 0 Å². The molecule has 0 fully saturated rings. The molecule has 0 amide bonds. The number of imidazole rings is 1. The van der Waals surface area contributed by atoms with Crippen LogP contribution in [0, 0.1) is 11.6 Å². The number of unbranched alkanes of at least 4 members (excludes halogenated alkanes) is 1. The molecule has 1 heterocycles. The van der Waals surface area contributed by atoms with Crippen molar-refractivity contribution >= 4 is 17.0 Å². The number of hydrogen-bond donors (Lipinski definition) is 1. The third-order valence-electron chi connectivity index (χ3n) is 3.65. The number of halogens is 2. The van der Waals surface area contributed by atoms with Crippen molar-refractivity contribution < 1.29 is 8.78 Å². The Labute approximate surface area is 117 Å². The van der Waals surface area contributed by atoms with E-state index in [4.69, 9.17) is 5.73 Å². The average Bonchev–Trinajstić information content (AvgIpc) is 2.76. The molecule has 1 aromatic carbocycles. The molecular weight excluding hydrogens is 260 g/mol. The monoisotopic (exact) mass is 281 g/mol. The van der Waals surface area contributed by atoms with E-state index in [1.165, 1.54) is 6.07 Å². The first-order valence-electron chi connectivity index (χ1n) is 7.21. The van der Waals surface area contributed by atoms with Gasteiger partial charge in [-0.15, -0.1) is 0 Å². The van der Waals surface area contributed by atoms with Crippen LogP contribution in [0.2, 0.25) is 0 Å². The lowest BCUT2D eigenvalue weighted by Crippen LogP contribution is -2.13. The zero-order valence-corrected chi connectivity index (χ0v) is 12.0. The Bertz CT molecular complexity index is 592. The summed E-state index contributed by atoms with van der Waals surface area (Å²) >= 11 is 0. The molecule has 5 heteroatoms. The van der Waals surface area contributed by atoms with Gasteiger partial charge in [0, 0.05) is 6.04 Å². The molecule has 0 saturated carbocycles. The highest BCUT2D eigenvalue weighted by Crippen LogP contribution is 2.31. The summed E-state index contributed by atoms with van der Waals surface area (Å²) in [6.07, 6.45) is 4.83. The predicted molar refractivity (Wildman–Crippen MR) is 77.5 cm³/mol. The van der Waals surface area contributed by atoms with Gasteiger partial charge in [0.1, 0.15) is 5.52 Å². The first kappa shape index (κ1) is 14.8. The van der Waals surface area contributed by atoms with E-state index in [9.17, 15) is 8.78 Å². The Kier molecular flexibility index (Phi) is 4.57. The van der Waals surface area contributed by atoms with Crippen molar-refractivity contribution in [3.8, 4) is 0 Å². The smallest absolute Gasteiger partial charge is 0.201 e. The number of nitrogen functional groups attached to an aromatic ring is 1. The molecule has 2 aromatic rings. The Morgan fingerprint density at radius 2 is 1.95 bits per heavy atom. The number of benzene rings is 1. The second-order valence-corrected chi connectivity index (χ2v) is 5.15. The third kappa shape index (κ3) is 2.62. The maximum absolute atomic E-state index is 14.1. The van der Waals surface area contributed by atoms with Crippen LogP contribution >= 0.6 is 0 Å². The summed E-state index contributed by atoms with van der Waals surface area (Å²) < 4.78 is 29.3. The zero-order chi connectivity index (χ0) is 14.7. The standard InChI is InChI=1S/C15H21F2N3/c1-3-5-7-10(6-4-2)20-14-12(19-15(20)18)9-8-11(16)13(14)17/h8-10H,3-7H2,1-2H3,(H2,18,19). The van der Waals surface area contributed by atoms with E-state index >= 15 is 0 Å². The number of rotatable bonds is 6. The summed E-state index contributed by atoms with van der Waals surface area (Å²) in [4.78, 5) is 4.16. The van der Waals surface area contributed by atoms with Crippen LogP contribution < -0.4 is 5.73 Å². The topological polar surface area (TPSA) is 43.8 Å². The van der Waals surface area contributed by atoms with Gasteiger partial charge in [0.05, 0.1) is 5.52 Å². The maximum Gasteiger partial charge on any atom is 0.201 e. The summed E-state index contributed by atoms with van der Waals surface area (Å²) in [6, 6.07) is 2.64. The van der Waals surface area contributed by atoms with Crippen LogP contribution in [0.1, 0.15) is 52.0 Å². The van der Waals surface area contributed by atoms with Gasteiger partial charge in [-0.05, 0) is 25.0 Å². The highest BCUT2D eigenvalue weighted by molar-refractivity contribution is 5.79. The highest BCUT2D eigenvalue weighted by atomic mass is 19.2. The van der Waals surface area contributed by atoms with Crippen LogP contribution in [0.5, 0.6) is 0 Å². The Hall–Kier alpha value is -1.65. The first-order chi connectivity index (χ1) is 9.60. The SMILES string of the molecule is CCCCC(CCC)n1c(N)nc2ccc(F)c(F)c21. The number of fused-ring (bicyclic) bond motifs is 1. The minimum absolute atomic E-state index is 0.0706. The number of aromatic nitrogens is 2. The molecule has 1 aromatic heterocycles. The molecule has 2 rings (SSSR count). The second-order valence-electron chi connectivity index (χ2n) is 5.15. The van der Waals surface area contributed by atoms with E-state index in [0.29, 0.717) is 5.52 Å². The zero-order valence-electron chi connectivity index (χ0n) is 12.0. The van der Waals surface area contributed by atoms with E-state index in [-0.39, 0.29) is 17.5 Å². The lowest BCUT2D eigenvalue weighted by molar-refractivity contribution is 0.423. The lowest BCUT2D eigenvalue weighted by Gasteiger charge is -2.20. The summed E-state index contributed by atoms with van der Waals surface area (Å²) in [6.45, 7) is 4.18. The van der Waals surface area contributed by atoms with Gasteiger partial charge in [0.2, 0.25) is 5.95 Å². The fraction of sp³-hybridized carbons (Fsp3) is 0.533. The molecule has 2 N–H and O–H groups in total. The lowest BCUT2D eigenvalue weighted by atomic mass is 10.0. The Morgan fingerprint density at radius 1 is 1.20 bits per heavy atom. The minimum atomic E-state index is -0.857. The van der Waals surface area contributed by atoms with Crippen molar-refractivity contribution in [2.24, 2.45) is 0 Å². The molecule has 1 atom stereocenters. The molecule has 1 unspecified atom stereocenters. The summed E-state index contributed by atoms with van der Waals surface area (Å²) in [5, 5.41) is 0. The van der Waals surface area contributed by atoms with Gasteiger partial charge >= 0.3 is 0 Å². The van der Waals surface area contributed by atoms with Crippen molar-refractivity contribution in [2.45, 2.75) is 52.0 Å². The van der Waals surface area contributed by atoms with Gasteiger partial charge in [-0.25, -0.2) is 13.8 Å². The van der Waals surface area contributed by atoms with Gasteiger partial charge in [-0.1, -0.05) is 33.1 Å². The van der Waals surface area contributed by atoms with Crippen LogP contribution in [0.4, 0.5) is 14.7 Å². The minimum Gasteiger partial charge on any atom is -0.369 e. The van der Waals surface area contributed by atoms with E-state index in [1.807, 2.05) is 0 Å².